The Balaban J connectivity index is 1.34. The molecule has 29 heavy (non-hydrogen) atoms. The van der Waals surface area contributed by atoms with E-state index in [2.05, 4.69) is 10.5 Å². The number of carbonyl (C=O) groups is 2. The van der Waals surface area contributed by atoms with E-state index in [1.807, 2.05) is 72.8 Å². The van der Waals surface area contributed by atoms with Crippen molar-refractivity contribution in [3.63, 3.8) is 0 Å². The lowest BCUT2D eigenvalue weighted by atomic mass is 10.1. The second-order valence-corrected chi connectivity index (χ2v) is 6.93. The molecule has 140 valence electrons. The van der Waals surface area contributed by atoms with Crippen LogP contribution in [0.5, 0.6) is 0 Å². The van der Waals surface area contributed by atoms with Gasteiger partial charge in [-0.25, -0.2) is 5.43 Å². The van der Waals surface area contributed by atoms with E-state index in [1.165, 1.54) is 4.90 Å². The number of benzene rings is 4. The highest BCUT2D eigenvalue weighted by atomic mass is 16.2. The van der Waals surface area contributed by atoms with Crippen molar-refractivity contribution in [1.82, 2.24) is 5.43 Å². The van der Waals surface area contributed by atoms with Gasteiger partial charge in [0.15, 0.2) is 0 Å². The Kier molecular flexibility index (Phi) is 4.06. The summed E-state index contributed by atoms with van der Waals surface area (Å²) in [4.78, 5) is 26.7. The Morgan fingerprint density at radius 1 is 0.897 bits per heavy atom. The number of hydrazone groups is 1. The van der Waals surface area contributed by atoms with Crippen LogP contribution >= 0.6 is 0 Å². The van der Waals surface area contributed by atoms with Crippen molar-refractivity contribution in [2.45, 2.75) is 0 Å². The highest BCUT2D eigenvalue weighted by molar-refractivity contribution is 6.26. The average molecular weight is 379 g/mol. The number of carbonyl (C=O) groups excluding carboxylic acids is 2. The predicted molar refractivity (Wildman–Crippen MR) is 115 cm³/mol. The predicted octanol–water partition coefficient (Wildman–Crippen LogP) is 4.10. The molecule has 5 heteroatoms. The van der Waals surface area contributed by atoms with Crippen molar-refractivity contribution in [2.75, 3.05) is 11.4 Å². The first kappa shape index (κ1) is 17.1. The topological polar surface area (TPSA) is 61.8 Å². The first-order chi connectivity index (χ1) is 14.2. The molecular formula is C24H17N3O2. The molecule has 1 N–H and O–H groups in total. The largest absolute Gasteiger partial charge is 0.298 e. The van der Waals surface area contributed by atoms with E-state index in [0.717, 1.165) is 32.8 Å². The van der Waals surface area contributed by atoms with E-state index in [4.69, 9.17) is 0 Å². The van der Waals surface area contributed by atoms with Gasteiger partial charge in [-0.1, -0.05) is 66.7 Å². The summed E-state index contributed by atoms with van der Waals surface area (Å²) in [5.74, 6) is -0.510. The fraction of sp³-hybridized carbons (Fsp3) is 0.0417. The highest BCUT2D eigenvalue weighted by Crippen LogP contribution is 2.36. The van der Waals surface area contributed by atoms with Crippen molar-refractivity contribution in [3.05, 3.63) is 90.0 Å². The second-order valence-electron chi connectivity index (χ2n) is 6.93. The van der Waals surface area contributed by atoms with Gasteiger partial charge in [0.25, 0.3) is 11.8 Å². The molecule has 5 nitrogen and oxygen atoms in total. The minimum absolute atomic E-state index is 0.0838. The number of hydrogen-bond donors (Lipinski definition) is 1. The van der Waals surface area contributed by atoms with Crippen molar-refractivity contribution in [2.24, 2.45) is 5.10 Å². The lowest BCUT2D eigenvalue weighted by Crippen LogP contribution is -2.37. The minimum Gasteiger partial charge on any atom is -0.298 e. The van der Waals surface area contributed by atoms with Gasteiger partial charge in [0.2, 0.25) is 0 Å². The van der Waals surface area contributed by atoms with Gasteiger partial charge >= 0.3 is 0 Å². The lowest BCUT2D eigenvalue weighted by molar-refractivity contribution is -0.119. The summed E-state index contributed by atoms with van der Waals surface area (Å²) in [5, 5.41) is 8.15. The highest BCUT2D eigenvalue weighted by Gasteiger charge is 2.30. The molecule has 0 unspecified atom stereocenters. The molecule has 0 aromatic heterocycles. The third kappa shape index (κ3) is 2.93. The van der Waals surface area contributed by atoms with Crippen LogP contribution in [-0.4, -0.2) is 24.6 Å². The summed E-state index contributed by atoms with van der Waals surface area (Å²) in [6.07, 6.45) is 1.63. The molecule has 0 saturated heterocycles. The zero-order valence-corrected chi connectivity index (χ0v) is 15.5. The molecule has 0 aliphatic carbocycles. The van der Waals surface area contributed by atoms with Crippen molar-refractivity contribution in [3.8, 4) is 0 Å². The fourth-order valence-electron chi connectivity index (χ4n) is 3.85. The summed E-state index contributed by atoms with van der Waals surface area (Å²) < 4.78 is 0. The molecule has 0 spiro atoms. The maximum atomic E-state index is 12.8. The zero-order chi connectivity index (χ0) is 19.8. The maximum Gasteiger partial charge on any atom is 0.260 e. The first-order valence-corrected chi connectivity index (χ1v) is 9.36. The zero-order valence-electron chi connectivity index (χ0n) is 15.5. The van der Waals surface area contributed by atoms with Crippen LogP contribution in [0.2, 0.25) is 0 Å². The molecule has 4 aromatic rings. The van der Waals surface area contributed by atoms with Crippen molar-refractivity contribution in [1.29, 1.82) is 0 Å². The number of fused-ring (bicyclic) bond motifs is 1. The molecule has 0 saturated carbocycles. The number of hydrogen-bond acceptors (Lipinski definition) is 3. The molecule has 0 radical (unpaired) electrons. The molecule has 0 atom stereocenters. The number of amides is 2. The van der Waals surface area contributed by atoms with E-state index in [1.54, 1.807) is 12.3 Å². The van der Waals surface area contributed by atoms with Gasteiger partial charge in [-0.2, -0.15) is 5.10 Å². The van der Waals surface area contributed by atoms with Crippen molar-refractivity contribution >= 4 is 45.3 Å². The van der Waals surface area contributed by atoms with Crippen LogP contribution in [-0.2, 0) is 4.79 Å². The van der Waals surface area contributed by atoms with E-state index in [-0.39, 0.29) is 18.4 Å². The van der Waals surface area contributed by atoms with Gasteiger partial charge < -0.3 is 0 Å². The molecule has 5 rings (SSSR count). The maximum absolute atomic E-state index is 12.8. The Morgan fingerprint density at radius 2 is 1.62 bits per heavy atom. The normalized spacial score (nSPS) is 13.0. The monoisotopic (exact) mass is 379 g/mol. The lowest BCUT2D eigenvalue weighted by Gasteiger charge is -2.16. The molecule has 0 fully saturated rings. The van der Waals surface area contributed by atoms with Crippen LogP contribution < -0.4 is 10.3 Å². The molecule has 1 aliphatic heterocycles. The molecule has 4 aromatic carbocycles. The quantitative estimate of drug-likeness (QED) is 0.429. The smallest absolute Gasteiger partial charge is 0.260 e. The Hall–Kier alpha value is -3.99. The SMILES string of the molecule is O=C(CN1C(=O)c2cccc3cccc1c23)N/N=C/c1cccc2ccccc12. The van der Waals surface area contributed by atoms with Gasteiger partial charge in [-0.05, 0) is 28.3 Å². The number of nitrogens with one attached hydrogen (secondary N) is 1. The summed E-state index contributed by atoms with van der Waals surface area (Å²) in [6.45, 7) is -0.0838. The van der Waals surface area contributed by atoms with Crippen LogP contribution in [0, 0.1) is 0 Å². The first-order valence-electron chi connectivity index (χ1n) is 9.36. The Morgan fingerprint density at radius 3 is 2.52 bits per heavy atom. The third-order valence-corrected chi connectivity index (χ3v) is 5.17. The molecule has 2 amide bonds. The van der Waals surface area contributed by atoms with Crippen LogP contribution in [0.4, 0.5) is 5.69 Å². The summed E-state index contributed by atoms with van der Waals surface area (Å²) in [7, 11) is 0. The second kappa shape index (κ2) is 6.87. The van der Waals surface area contributed by atoms with Crippen molar-refractivity contribution < 1.29 is 9.59 Å². The number of nitrogens with zero attached hydrogens (tertiary/aromatic N) is 2. The summed E-state index contributed by atoms with van der Waals surface area (Å²) >= 11 is 0. The van der Waals surface area contributed by atoms with Gasteiger partial charge in [0.05, 0.1) is 11.9 Å². The van der Waals surface area contributed by atoms with Gasteiger partial charge in [0, 0.05) is 16.5 Å². The number of anilines is 1. The average Bonchev–Trinajstić information content (AvgIpc) is 3.02. The van der Waals surface area contributed by atoms with E-state index >= 15 is 0 Å². The Bertz CT molecular complexity index is 1300. The van der Waals surface area contributed by atoms with E-state index in [0.29, 0.717) is 5.56 Å². The van der Waals surface area contributed by atoms with E-state index in [9.17, 15) is 9.59 Å². The molecular weight excluding hydrogens is 362 g/mol. The third-order valence-electron chi connectivity index (χ3n) is 5.17. The van der Waals surface area contributed by atoms with Gasteiger partial charge in [-0.3, -0.25) is 14.5 Å². The molecule has 0 bridgehead atoms. The standard InChI is InChI=1S/C24H17N3O2/c28-22(26-25-14-18-10-3-7-16-6-1-2-11-19(16)18)15-27-21-13-5-9-17-8-4-12-20(23(17)21)24(27)29/h1-14H,15H2,(H,26,28)/b25-14+. The van der Waals surface area contributed by atoms with Crippen LogP contribution in [0.3, 0.4) is 0 Å². The Labute approximate surface area is 167 Å². The number of rotatable bonds is 4. The minimum atomic E-state index is -0.348. The van der Waals surface area contributed by atoms with E-state index < -0.39 is 0 Å². The summed E-state index contributed by atoms with van der Waals surface area (Å²) in [5.41, 5.74) is 4.84. The fourth-order valence-corrected chi connectivity index (χ4v) is 3.85. The van der Waals surface area contributed by atoms with Crippen LogP contribution in [0.15, 0.2) is 84.0 Å². The molecule has 1 aliphatic rings. The van der Waals surface area contributed by atoms with Gasteiger partial charge in [0.1, 0.15) is 6.54 Å². The van der Waals surface area contributed by atoms with Gasteiger partial charge in [-0.15, -0.1) is 0 Å². The summed E-state index contributed by atoms with van der Waals surface area (Å²) in [6, 6.07) is 25.3. The van der Waals surface area contributed by atoms with Crippen LogP contribution in [0.1, 0.15) is 15.9 Å². The van der Waals surface area contributed by atoms with Crippen LogP contribution in [0.25, 0.3) is 21.5 Å². The molecule has 1 heterocycles.